The number of carbonyl (C=O) groups is 6. The molecule has 12 rings (SSSR count). The highest BCUT2D eigenvalue weighted by Gasteiger charge is 2.37. The highest BCUT2D eigenvalue weighted by atomic mass is 79.9. The molecule has 0 fully saturated rings. The third-order valence-corrected chi connectivity index (χ3v) is 13.6. The molecule has 484 valence electrons. The molecule has 0 saturated carbocycles. The first kappa shape index (κ1) is 71.0. The lowest BCUT2D eigenvalue weighted by Crippen LogP contribution is -2.53. The molecule has 0 spiro atoms. The zero-order valence-electron chi connectivity index (χ0n) is 51.1. The number of rotatable bonds is 12. The van der Waals surface area contributed by atoms with Gasteiger partial charge in [-0.2, -0.15) is 5.10 Å². The number of fused-ring (bicyclic) bond motifs is 2. The number of carboxylic acids is 1. The number of benzene rings is 4. The minimum absolute atomic E-state index is 0. The summed E-state index contributed by atoms with van der Waals surface area (Å²) in [6.45, 7) is 5.11. The third-order valence-electron chi connectivity index (χ3n) is 13.0. The Bertz CT molecular complexity index is 3960. The maximum atomic E-state index is 12.9. The highest BCUT2D eigenvalue weighted by Crippen LogP contribution is 2.31. The number of carbonyl (C=O) groups excluding carboxylic acids is 5. The number of nitrogens with two attached hydrogens (primary N) is 1. The Morgan fingerprint density at radius 1 is 0.570 bits per heavy atom. The first-order valence-electron chi connectivity index (χ1n) is 28.0. The summed E-state index contributed by atoms with van der Waals surface area (Å²) in [6.07, 6.45) is 7.92. The number of carboxylic acid groups (broad SMARTS) is 1. The van der Waals surface area contributed by atoms with Gasteiger partial charge in [-0.1, -0.05) is 137 Å². The summed E-state index contributed by atoms with van der Waals surface area (Å²) in [6, 6.07) is 44.9. The summed E-state index contributed by atoms with van der Waals surface area (Å²) in [5, 5.41) is 30.1. The van der Waals surface area contributed by atoms with Crippen LogP contribution in [-0.2, 0) is 44.0 Å². The predicted molar refractivity (Wildman–Crippen MR) is 344 cm³/mol. The molecule has 0 unspecified atom stereocenters. The number of aromatic amines is 1. The van der Waals surface area contributed by atoms with Crippen LogP contribution in [0.4, 0.5) is 11.6 Å². The molecule has 0 saturated heterocycles. The van der Waals surface area contributed by atoms with Crippen molar-refractivity contribution in [1.29, 1.82) is 0 Å². The third kappa shape index (κ3) is 21.0. The van der Waals surface area contributed by atoms with Crippen LogP contribution in [0, 0.1) is 0 Å². The SMILES string of the molecule is BrCc1ccccc1.COC(=O)c1ncn(Cc2ccccc2)n1.COC(=O)c1ncn[nH]1.C[C@H]1Oc2cccnc2N(C)C(=O)[C@H]1N.C[C@H]1Oc2cccnc2N(C)C(=O)[C@H]1NC(=O)c1ncn(Cc2ccccc2)n1.Cl.O=C(O)c1ncn(Cc2ccccc2)n1. The van der Waals surface area contributed by atoms with E-state index in [1.54, 1.807) is 74.0 Å². The summed E-state index contributed by atoms with van der Waals surface area (Å²) < 4.78 is 24.9. The molecule has 5 N–H and O–H groups in total. The van der Waals surface area contributed by atoms with Crippen LogP contribution in [0.3, 0.4) is 0 Å². The molecule has 8 heterocycles. The molecule has 6 aromatic heterocycles. The summed E-state index contributed by atoms with van der Waals surface area (Å²) >= 11 is 3.36. The number of nitrogens with one attached hydrogen (secondary N) is 2. The molecule has 0 bridgehead atoms. The normalized spacial score (nSPS) is 14.9. The van der Waals surface area contributed by atoms with E-state index >= 15 is 0 Å². The summed E-state index contributed by atoms with van der Waals surface area (Å²) in [4.78, 5) is 95.8. The lowest BCUT2D eigenvalue weighted by atomic mass is 10.1. The van der Waals surface area contributed by atoms with E-state index in [4.69, 9.17) is 20.3 Å². The van der Waals surface area contributed by atoms with E-state index in [-0.39, 0.29) is 53.6 Å². The molecule has 31 heteroatoms. The number of halogens is 2. The van der Waals surface area contributed by atoms with E-state index in [0.29, 0.717) is 42.8 Å². The number of pyridine rings is 2. The Kier molecular flexibility index (Phi) is 27.4. The number of likely N-dealkylation sites (N-methyl/N-ethyl adjacent to an activating group) is 2. The number of methoxy groups -OCH3 is 2. The molecule has 3 amide bonds. The maximum Gasteiger partial charge on any atom is 0.377 e. The van der Waals surface area contributed by atoms with Crippen LogP contribution in [0.25, 0.3) is 0 Å². The monoisotopic (exact) mass is 1350 g/mol. The number of hydrogen-bond acceptors (Lipinski definition) is 21. The van der Waals surface area contributed by atoms with Crippen molar-refractivity contribution in [2.75, 3.05) is 38.1 Å². The van der Waals surface area contributed by atoms with Gasteiger partial charge in [0.05, 0.1) is 33.9 Å². The molecule has 2 aliphatic rings. The summed E-state index contributed by atoms with van der Waals surface area (Å²) in [5.74, 6) is -1.17. The molecular formula is C62H66BrClN18O11. The van der Waals surface area contributed by atoms with Crippen molar-refractivity contribution < 1.29 is 52.8 Å². The fourth-order valence-corrected chi connectivity index (χ4v) is 8.57. The standard InChI is InChI=1S/C20H20N6O3.C11H11N3O2.C10H13N3O2.C10H9N3O2.C7H7Br.C4H5N3O2.ClH/c1-13-16(20(28)25(2)18-15(29-13)9-6-10-21-18)23-19(27)17-22-12-26(24-17)11-14-7-4-3-5-8-14;1-16-11(15)10-12-8-14(13-10)7-9-5-3-2-4-6-9;1-6-8(11)10(14)13(2)9-7(15-6)4-3-5-12-9;14-10(15)9-11-7-13(12-9)6-8-4-2-1-3-5-8;8-6-7-4-2-1-3-5-7;1-9-4(8)3-5-2-6-7-3;/h3-10,12-13,16H,11H2,1-2H3,(H,23,27);2-6,8H,7H2,1H3;3-6,8H,11H2,1-2H3;1-5,7H,6H2,(H,14,15);1-5H,6H2;2H,1H3,(H,5,6,7);1H/t13-,16+;;6-,8+;;;;/m1.1..../s1. The lowest BCUT2D eigenvalue weighted by molar-refractivity contribution is -0.122. The van der Waals surface area contributed by atoms with Gasteiger partial charge in [-0.3, -0.25) is 29.3 Å². The van der Waals surface area contributed by atoms with Crippen LogP contribution < -0.4 is 30.3 Å². The van der Waals surface area contributed by atoms with E-state index in [9.17, 15) is 28.8 Å². The van der Waals surface area contributed by atoms with Gasteiger partial charge in [0.2, 0.25) is 17.6 Å². The fraction of sp³-hybridized carbons (Fsp3) is 0.226. The number of alkyl halides is 1. The Morgan fingerprint density at radius 2 is 0.989 bits per heavy atom. The molecule has 4 aromatic carbocycles. The number of aromatic nitrogens is 14. The Morgan fingerprint density at radius 3 is 1.41 bits per heavy atom. The minimum atomic E-state index is -1.11. The molecule has 29 nitrogen and oxygen atoms in total. The van der Waals surface area contributed by atoms with Crippen molar-refractivity contribution in [3.05, 3.63) is 229 Å². The van der Waals surface area contributed by atoms with E-state index in [0.717, 1.165) is 22.0 Å². The van der Waals surface area contributed by atoms with Crippen LogP contribution in [0.2, 0.25) is 0 Å². The molecule has 93 heavy (non-hydrogen) atoms. The highest BCUT2D eigenvalue weighted by molar-refractivity contribution is 9.08. The Labute approximate surface area is 547 Å². The zero-order valence-corrected chi connectivity index (χ0v) is 53.5. The second-order valence-electron chi connectivity index (χ2n) is 19.6. The predicted octanol–water partition coefficient (Wildman–Crippen LogP) is 6.15. The number of esters is 2. The van der Waals surface area contributed by atoms with E-state index in [1.165, 1.54) is 59.6 Å². The van der Waals surface area contributed by atoms with Crippen molar-refractivity contribution in [3.63, 3.8) is 0 Å². The Hall–Kier alpha value is -11.1. The number of amides is 3. The topological polar surface area (TPSA) is 364 Å². The van der Waals surface area contributed by atoms with Gasteiger partial charge in [-0.05, 0) is 60.4 Å². The number of H-pyrrole nitrogens is 1. The molecule has 0 aliphatic carbocycles. The molecule has 0 radical (unpaired) electrons. The van der Waals surface area contributed by atoms with Crippen molar-refractivity contribution in [2.45, 2.75) is 63.1 Å². The smallest absolute Gasteiger partial charge is 0.377 e. The van der Waals surface area contributed by atoms with Crippen molar-refractivity contribution in [3.8, 4) is 11.5 Å². The van der Waals surface area contributed by atoms with Crippen molar-refractivity contribution in [1.82, 2.24) is 74.8 Å². The number of anilines is 2. The maximum absolute atomic E-state index is 12.9. The van der Waals surface area contributed by atoms with Gasteiger partial charge >= 0.3 is 17.9 Å². The van der Waals surface area contributed by atoms with Gasteiger partial charge in [-0.15, -0.1) is 27.7 Å². The van der Waals surface area contributed by atoms with Gasteiger partial charge in [0.25, 0.3) is 23.5 Å². The fourth-order valence-electron chi connectivity index (χ4n) is 8.20. The first-order chi connectivity index (χ1) is 44.5. The lowest BCUT2D eigenvalue weighted by Gasteiger charge is -2.22. The number of hydrogen-bond donors (Lipinski definition) is 4. The van der Waals surface area contributed by atoms with Gasteiger partial charge in [-0.25, -0.2) is 58.3 Å². The average molecular weight is 1350 g/mol. The van der Waals surface area contributed by atoms with Crippen LogP contribution in [0.5, 0.6) is 11.5 Å². The van der Waals surface area contributed by atoms with Gasteiger partial charge < -0.3 is 35.1 Å². The number of ether oxygens (including phenoxy) is 4. The second kappa shape index (κ2) is 35.9. The summed E-state index contributed by atoms with van der Waals surface area (Å²) in [5.41, 5.74) is 10.3. The van der Waals surface area contributed by atoms with Crippen LogP contribution in [0.15, 0.2) is 183 Å². The van der Waals surface area contributed by atoms with Gasteiger partial charge in [0, 0.05) is 31.8 Å². The van der Waals surface area contributed by atoms with E-state index in [1.807, 2.05) is 109 Å². The average Bonchev–Trinajstić information content (AvgIpc) is 1.75. The molecule has 2 aliphatic heterocycles. The van der Waals surface area contributed by atoms with Crippen LogP contribution in [0.1, 0.15) is 78.6 Å². The van der Waals surface area contributed by atoms with Gasteiger partial charge in [0.15, 0.2) is 23.1 Å². The van der Waals surface area contributed by atoms with Crippen LogP contribution >= 0.6 is 28.3 Å². The van der Waals surface area contributed by atoms with Gasteiger partial charge in [0.1, 0.15) is 49.6 Å². The molecule has 4 atom stereocenters. The minimum Gasteiger partial charge on any atom is -0.485 e. The quantitative estimate of drug-likeness (QED) is 0.0787. The zero-order chi connectivity index (χ0) is 65.9. The second-order valence-corrected chi connectivity index (χ2v) is 20.1. The number of aromatic carboxylic acids is 1. The largest absolute Gasteiger partial charge is 0.485 e. The number of nitrogens with zero attached hydrogens (tertiary/aromatic N) is 15. The van der Waals surface area contributed by atoms with Crippen molar-refractivity contribution in [2.24, 2.45) is 5.73 Å². The first-order valence-corrected chi connectivity index (χ1v) is 29.1. The molecule has 10 aromatic rings. The van der Waals surface area contributed by atoms with Crippen molar-refractivity contribution >= 4 is 75.6 Å². The summed E-state index contributed by atoms with van der Waals surface area (Å²) in [7, 11) is 5.84. The van der Waals surface area contributed by atoms with Crippen LogP contribution in [-0.4, -0.2) is 163 Å². The Balaban J connectivity index is 0.000000187. The van der Waals surface area contributed by atoms with E-state index in [2.05, 4.69) is 98.3 Å². The molecular weight excluding hydrogens is 1290 g/mol. The van der Waals surface area contributed by atoms with E-state index < -0.39 is 42.0 Å².